The third kappa shape index (κ3) is 3.50. The van der Waals surface area contributed by atoms with Crippen molar-refractivity contribution in [2.24, 2.45) is 0 Å². The van der Waals surface area contributed by atoms with Gasteiger partial charge in [0.05, 0.1) is 0 Å². The predicted molar refractivity (Wildman–Crippen MR) is 86.5 cm³/mol. The zero-order valence-electron chi connectivity index (χ0n) is 11.3. The first-order valence-electron chi connectivity index (χ1n) is 6.42. The highest BCUT2D eigenvalue weighted by atomic mass is 79.9. The van der Waals surface area contributed by atoms with Crippen molar-refractivity contribution in [3.8, 4) is 11.3 Å². The second-order valence-electron chi connectivity index (χ2n) is 4.38. The zero-order valence-corrected chi connectivity index (χ0v) is 12.9. The molecule has 0 aliphatic carbocycles. The largest absolute Gasteiger partial charge is 0.354 e. The molecule has 0 saturated heterocycles. The molecule has 7 heteroatoms. The second kappa shape index (κ2) is 6.40. The monoisotopic (exact) mass is 358 g/mol. The van der Waals surface area contributed by atoms with Gasteiger partial charge >= 0.3 is 6.03 Å². The minimum atomic E-state index is -0.446. The van der Waals surface area contributed by atoms with E-state index in [0.717, 1.165) is 10.0 Å². The van der Waals surface area contributed by atoms with Crippen LogP contribution in [0.25, 0.3) is 11.3 Å². The second-order valence-corrected chi connectivity index (χ2v) is 5.30. The number of hydrogen-bond donors (Lipinski definition) is 2. The first-order chi connectivity index (χ1) is 10.7. The number of amides is 2. The summed E-state index contributed by atoms with van der Waals surface area (Å²) in [5, 5.41) is 9.01. The van der Waals surface area contributed by atoms with Gasteiger partial charge in [-0.1, -0.05) is 51.4 Å². The van der Waals surface area contributed by atoms with Crippen LogP contribution < -0.4 is 10.6 Å². The summed E-state index contributed by atoms with van der Waals surface area (Å²) in [5.41, 5.74) is 0.886. The molecule has 2 heterocycles. The Balaban J connectivity index is 1.66. The van der Waals surface area contributed by atoms with E-state index in [1.807, 2.05) is 30.3 Å². The van der Waals surface area contributed by atoms with Crippen LogP contribution in [-0.4, -0.2) is 16.2 Å². The SMILES string of the molecule is O=C(Nc1cc(Br)ccn1)Nc1cc(-c2ccccc2)on1. The van der Waals surface area contributed by atoms with Gasteiger partial charge < -0.3 is 4.52 Å². The maximum atomic E-state index is 11.9. The molecule has 0 aliphatic rings. The first-order valence-corrected chi connectivity index (χ1v) is 7.22. The van der Waals surface area contributed by atoms with Crippen LogP contribution in [0.2, 0.25) is 0 Å². The van der Waals surface area contributed by atoms with Gasteiger partial charge in [0.2, 0.25) is 0 Å². The van der Waals surface area contributed by atoms with Gasteiger partial charge in [0, 0.05) is 22.3 Å². The Morgan fingerprint density at radius 1 is 1.05 bits per heavy atom. The molecular weight excluding hydrogens is 348 g/mol. The molecule has 22 heavy (non-hydrogen) atoms. The molecule has 0 spiro atoms. The van der Waals surface area contributed by atoms with Gasteiger partial charge in [0.1, 0.15) is 5.82 Å². The van der Waals surface area contributed by atoms with E-state index in [0.29, 0.717) is 17.4 Å². The summed E-state index contributed by atoms with van der Waals surface area (Å²) in [6.45, 7) is 0. The van der Waals surface area contributed by atoms with Crippen LogP contribution in [0.1, 0.15) is 0 Å². The summed E-state index contributed by atoms with van der Waals surface area (Å²) < 4.78 is 6.03. The lowest BCUT2D eigenvalue weighted by Gasteiger charge is -2.04. The van der Waals surface area contributed by atoms with Crippen molar-refractivity contribution in [2.75, 3.05) is 10.6 Å². The molecule has 0 aliphatic heterocycles. The number of benzene rings is 1. The van der Waals surface area contributed by atoms with E-state index in [1.54, 1.807) is 24.4 Å². The number of carbonyl (C=O) groups excluding carboxylic acids is 1. The summed E-state index contributed by atoms with van der Waals surface area (Å²) in [5.74, 6) is 1.33. The molecule has 2 aromatic heterocycles. The lowest BCUT2D eigenvalue weighted by Crippen LogP contribution is -2.20. The van der Waals surface area contributed by atoms with Gasteiger partial charge in [-0.15, -0.1) is 0 Å². The average Bonchev–Trinajstić information content (AvgIpc) is 2.96. The van der Waals surface area contributed by atoms with Crippen LogP contribution in [0.4, 0.5) is 16.4 Å². The molecule has 0 radical (unpaired) electrons. The van der Waals surface area contributed by atoms with Crippen LogP contribution in [0.3, 0.4) is 0 Å². The first kappa shape index (κ1) is 14.3. The third-order valence-electron chi connectivity index (χ3n) is 2.77. The lowest BCUT2D eigenvalue weighted by atomic mass is 10.2. The van der Waals surface area contributed by atoms with Crippen LogP contribution in [0.15, 0.2) is 63.7 Å². The number of nitrogens with zero attached hydrogens (tertiary/aromatic N) is 2. The molecule has 2 amide bonds. The maximum absolute atomic E-state index is 11.9. The smallest absolute Gasteiger partial charge is 0.326 e. The number of aromatic nitrogens is 2. The standard InChI is InChI=1S/C15H11BrN4O2/c16-11-6-7-17-13(8-11)18-15(21)19-14-9-12(22-20-14)10-4-2-1-3-5-10/h1-9H,(H2,17,18,19,20,21). The van der Waals surface area contributed by atoms with Gasteiger partial charge in [-0.25, -0.2) is 9.78 Å². The molecule has 0 unspecified atom stereocenters. The number of halogens is 1. The Bertz CT molecular complexity index is 789. The van der Waals surface area contributed by atoms with Crippen molar-refractivity contribution in [3.05, 3.63) is 59.2 Å². The minimum Gasteiger partial charge on any atom is -0.354 e. The Labute approximate surface area is 134 Å². The number of urea groups is 1. The van der Waals surface area contributed by atoms with Crippen molar-refractivity contribution >= 4 is 33.6 Å². The summed E-state index contributed by atoms with van der Waals surface area (Å²) in [4.78, 5) is 15.9. The number of rotatable bonds is 3. The van der Waals surface area contributed by atoms with Gasteiger partial charge in [0.15, 0.2) is 11.6 Å². The van der Waals surface area contributed by atoms with E-state index in [4.69, 9.17) is 4.52 Å². The zero-order chi connectivity index (χ0) is 15.4. The van der Waals surface area contributed by atoms with Gasteiger partial charge in [0.25, 0.3) is 0 Å². The predicted octanol–water partition coefficient (Wildman–Crippen LogP) is 4.14. The van der Waals surface area contributed by atoms with E-state index in [2.05, 4.69) is 36.7 Å². The van der Waals surface area contributed by atoms with Crippen LogP contribution in [0.5, 0.6) is 0 Å². The van der Waals surface area contributed by atoms with E-state index in [1.165, 1.54) is 0 Å². The highest BCUT2D eigenvalue weighted by Gasteiger charge is 2.10. The Morgan fingerprint density at radius 2 is 1.82 bits per heavy atom. The van der Waals surface area contributed by atoms with Gasteiger partial charge in [-0.2, -0.15) is 0 Å². The summed E-state index contributed by atoms with van der Waals surface area (Å²) in [7, 11) is 0. The molecule has 1 aromatic carbocycles. The lowest BCUT2D eigenvalue weighted by molar-refractivity contribution is 0.262. The maximum Gasteiger partial charge on any atom is 0.326 e. The van der Waals surface area contributed by atoms with Crippen molar-refractivity contribution in [1.29, 1.82) is 0 Å². The topological polar surface area (TPSA) is 80.0 Å². The highest BCUT2D eigenvalue weighted by molar-refractivity contribution is 9.10. The molecule has 6 nitrogen and oxygen atoms in total. The van der Waals surface area contributed by atoms with Crippen molar-refractivity contribution in [2.45, 2.75) is 0 Å². The summed E-state index contributed by atoms with van der Waals surface area (Å²) >= 11 is 3.31. The fourth-order valence-corrected chi connectivity index (χ4v) is 2.14. The quantitative estimate of drug-likeness (QED) is 0.737. The number of nitrogens with one attached hydrogen (secondary N) is 2. The van der Waals surface area contributed by atoms with Crippen LogP contribution in [-0.2, 0) is 0 Å². The van der Waals surface area contributed by atoms with Crippen LogP contribution in [0, 0.1) is 0 Å². The summed E-state index contributed by atoms with van der Waals surface area (Å²) in [6.07, 6.45) is 1.59. The van der Waals surface area contributed by atoms with Crippen molar-refractivity contribution < 1.29 is 9.32 Å². The molecule has 2 N–H and O–H groups in total. The number of pyridine rings is 1. The fraction of sp³-hybridized carbons (Fsp3) is 0. The molecule has 3 aromatic rings. The van der Waals surface area contributed by atoms with E-state index < -0.39 is 6.03 Å². The Kier molecular flexibility index (Phi) is 4.15. The highest BCUT2D eigenvalue weighted by Crippen LogP contribution is 2.22. The fourth-order valence-electron chi connectivity index (χ4n) is 1.81. The Morgan fingerprint density at radius 3 is 2.59 bits per heavy atom. The minimum absolute atomic E-state index is 0.325. The van der Waals surface area contributed by atoms with Crippen molar-refractivity contribution in [3.63, 3.8) is 0 Å². The van der Waals surface area contributed by atoms with Crippen molar-refractivity contribution in [1.82, 2.24) is 10.1 Å². The molecule has 0 atom stereocenters. The average molecular weight is 359 g/mol. The molecule has 0 saturated carbocycles. The number of anilines is 2. The van der Waals surface area contributed by atoms with E-state index >= 15 is 0 Å². The van der Waals surface area contributed by atoms with Gasteiger partial charge in [-0.05, 0) is 12.1 Å². The molecule has 110 valence electrons. The molecule has 0 fully saturated rings. The van der Waals surface area contributed by atoms with E-state index in [-0.39, 0.29) is 0 Å². The summed E-state index contributed by atoms with van der Waals surface area (Å²) in [6, 6.07) is 14.2. The number of hydrogen-bond acceptors (Lipinski definition) is 4. The normalized spacial score (nSPS) is 10.2. The third-order valence-corrected chi connectivity index (χ3v) is 3.27. The molecule has 3 rings (SSSR count). The molecule has 0 bridgehead atoms. The van der Waals surface area contributed by atoms with Crippen LogP contribution >= 0.6 is 15.9 Å². The van der Waals surface area contributed by atoms with Gasteiger partial charge in [-0.3, -0.25) is 10.6 Å². The number of carbonyl (C=O) groups is 1. The Hall–Kier alpha value is -2.67. The van der Waals surface area contributed by atoms with E-state index in [9.17, 15) is 4.79 Å². The molecular formula is C15H11BrN4O2.